The number of nitrogens with one attached hydrogen (secondary N) is 1. The van der Waals surface area contributed by atoms with Gasteiger partial charge in [0, 0.05) is 5.92 Å². The zero-order chi connectivity index (χ0) is 14.4. The molecule has 0 aliphatic rings. The second kappa shape index (κ2) is 7.20. The van der Waals surface area contributed by atoms with Crippen LogP contribution in [0.25, 0.3) is 0 Å². The summed E-state index contributed by atoms with van der Waals surface area (Å²) in [6, 6.07) is 10.2. The molecule has 4 nitrogen and oxygen atoms in total. The Morgan fingerprint density at radius 2 is 1.80 bits per heavy atom. The maximum absolute atomic E-state index is 5.87. The molecule has 0 amide bonds. The van der Waals surface area contributed by atoms with E-state index in [1.807, 2.05) is 18.2 Å². The van der Waals surface area contributed by atoms with Crippen molar-refractivity contribution in [2.24, 2.45) is 0 Å². The first-order valence-electron chi connectivity index (χ1n) is 7.37. The van der Waals surface area contributed by atoms with Crippen LogP contribution >= 0.6 is 0 Å². The van der Waals surface area contributed by atoms with Gasteiger partial charge < -0.3 is 9.73 Å². The Labute approximate surface area is 120 Å². The van der Waals surface area contributed by atoms with Crippen molar-refractivity contribution in [2.45, 2.75) is 45.6 Å². The molecule has 108 valence electrons. The van der Waals surface area contributed by atoms with E-state index >= 15 is 0 Å². The molecular weight excluding hydrogens is 250 g/mol. The number of aromatic nitrogens is 2. The molecule has 2 aromatic rings. The van der Waals surface area contributed by atoms with Gasteiger partial charge in [0.1, 0.15) is 6.04 Å². The minimum atomic E-state index is -0.0264. The van der Waals surface area contributed by atoms with Crippen molar-refractivity contribution < 1.29 is 4.42 Å². The minimum Gasteiger partial charge on any atom is -0.423 e. The van der Waals surface area contributed by atoms with Gasteiger partial charge in [-0.15, -0.1) is 10.2 Å². The third-order valence-corrected chi connectivity index (χ3v) is 3.47. The van der Waals surface area contributed by atoms with Gasteiger partial charge in [-0.1, -0.05) is 51.1 Å². The van der Waals surface area contributed by atoms with Crippen LogP contribution in [0, 0.1) is 0 Å². The molecule has 0 saturated heterocycles. The van der Waals surface area contributed by atoms with Gasteiger partial charge in [-0.25, -0.2) is 0 Å². The van der Waals surface area contributed by atoms with Gasteiger partial charge in [-0.3, -0.25) is 0 Å². The first kappa shape index (κ1) is 14.7. The van der Waals surface area contributed by atoms with Crippen molar-refractivity contribution >= 4 is 0 Å². The molecule has 1 heterocycles. The Hall–Kier alpha value is -1.68. The molecule has 0 saturated carbocycles. The van der Waals surface area contributed by atoms with Gasteiger partial charge in [-0.05, 0) is 24.9 Å². The topological polar surface area (TPSA) is 51.0 Å². The largest absolute Gasteiger partial charge is 0.423 e. The van der Waals surface area contributed by atoms with Crippen LogP contribution in [0.4, 0.5) is 0 Å². The first-order chi connectivity index (χ1) is 9.76. The second-order valence-electron chi connectivity index (χ2n) is 5.09. The zero-order valence-corrected chi connectivity index (χ0v) is 12.5. The molecule has 2 atom stereocenters. The molecule has 0 aliphatic heterocycles. The van der Waals surface area contributed by atoms with Crippen LogP contribution < -0.4 is 5.32 Å². The molecule has 0 bridgehead atoms. The third-order valence-electron chi connectivity index (χ3n) is 3.47. The predicted molar refractivity (Wildman–Crippen MR) is 79.6 cm³/mol. The lowest BCUT2D eigenvalue weighted by atomic mass is 10.1. The summed E-state index contributed by atoms with van der Waals surface area (Å²) in [5.74, 6) is 1.68. The van der Waals surface area contributed by atoms with Crippen LogP contribution in [0.3, 0.4) is 0 Å². The van der Waals surface area contributed by atoms with Gasteiger partial charge >= 0.3 is 0 Å². The van der Waals surface area contributed by atoms with Crippen molar-refractivity contribution in [3.05, 3.63) is 47.7 Å². The van der Waals surface area contributed by atoms with Crippen molar-refractivity contribution in [2.75, 3.05) is 6.54 Å². The van der Waals surface area contributed by atoms with Crippen LogP contribution in [0.1, 0.15) is 62.9 Å². The molecule has 0 spiro atoms. The van der Waals surface area contributed by atoms with Crippen molar-refractivity contribution in [3.8, 4) is 0 Å². The molecule has 0 aliphatic carbocycles. The minimum absolute atomic E-state index is 0.0264. The van der Waals surface area contributed by atoms with Crippen LogP contribution in [0.15, 0.2) is 34.7 Å². The van der Waals surface area contributed by atoms with Gasteiger partial charge in [0.05, 0.1) is 0 Å². The summed E-state index contributed by atoms with van der Waals surface area (Å²) in [6.45, 7) is 7.29. The fraction of sp³-hybridized carbons (Fsp3) is 0.500. The third kappa shape index (κ3) is 3.45. The quantitative estimate of drug-likeness (QED) is 0.836. The second-order valence-corrected chi connectivity index (χ2v) is 5.09. The summed E-state index contributed by atoms with van der Waals surface area (Å²) in [7, 11) is 0. The Bertz CT molecular complexity index is 509. The summed E-state index contributed by atoms with van der Waals surface area (Å²) in [6.07, 6.45) is 2.07. The molecule has 1 N–H and O–H groups in total. The molecule has 0 radical (unpaired) electrons. The van der Waals surface area contributed by atoms with Crippen molar-refractivity contribution in [1.82, 2.24) is 15.5 Å². The maximum Gasteiger partial charge on any atom is 0.237 e. The molecule has 0 fully saturated rings. The fourth-order valence-corrected chi connectivity index (χ4v) is 2.02. The van der Waals surface area contributed by atoms with Gasteiger partial charge in [0.25, 0.3) is 0 Å². The van der Waals surface area contributed by atoms with Crippen LogP contribution in [0.5, 0.6) is 0 Å². The van der Waals surface area contributed by atoms with Gasteiger partial charge in [0.2, 0.25) is 11.8 Å². The maximum atomic E-state index is 5.87. The standard InChI is InChI=1S/C16H23N3O/c1-4-11-17-14(13-9-7-6-8-10-13)16-19-18-15(20-16)12(3)5-2/h6-10,12,14,17H,4-5,11H2,1-3H3. The average Bonchev–Trinajstić information content (AvgIpc) is 2.98. The van der Waals surface area contributed by atoms with Crippen LogP contribution in [-0.4, -0.2) is 16.7 Å². The molecule has 1 aromatic carbocycles. The number of hydrogen-bond donors (Lipinski definition) is 1. The lowest BCUT2D eigenvalue weighted by molar-refractivity contribution is 0.386. The Kier molecular flexibility index (Phi) is 5.30. The van der Waals surface area contributed by atoms with E-state index in [-0.39, 0.29) is 6.04 Å². The zero-order valence-electron chi connectivity index (χ0n) is 12.5. The summed E-state index contributed by atoms with van der Waals surface area (Å²) >= 11 is 0. The van der Waals surface area contributed by atoms with E-state index in [4.69, 9.17) is 4.42 Å². The Morgan fingerprint density at radius 3 is 2.45 bits per heavy atom. The lowest BCUT2D eigenvalue weighted by Gasteiger charge is -2.15. The van der Waals surface area contributed by atoms with Gasteiger partial charge in [0.15, 0.2) is 0 Å². The summed E-state index contributed by atoms with van der Waals surface area (Å²) in [5, 5.41) is 11.9. The molecular formula is C16H23N3O. The monoisotopic (exact) mass is 273 g/mol. The number of rotatable bonds is 7. The summed E-state index contributed by atoms with van der Waals surface area (Å²) in [5.41, 5.74) is 1.15. The average molecular weight is 273 g/mol. The van der Waals surface area contributed by atoms with Gasteiger partial charge in [-0.2, -0.15) is 0 Å². The van der Waals surface area contributed by atoms with E-state index in [1.165, 1.54) is 0 Å². The highest BCUT2D eigenvalue weighted by Gasteiger charge is 2.21. The number of benzene rings is 1. The molecule has 2 unspecified atom stereocenters. The smallest absolute Gasteiger partial charge is 0.237 e. The molecule has 4 heteroatoms. The predicted octanol–water partition coefficient (Wildman–Crippen LogP) is 3.67. The Morgan fingerprint density at radius 1 is 1.10 bits per heavy atom. The van der Waals surface area contributed by atoms with Crippen molar-refractivity contribution in [1.29, 1.82) is 0 Å². The van der Waals surface area contributed by atoms with Crippen molar-refractivity contribution in [3.63, 3.8) is 0 Å². The van der Waals surface area contributed by atoms with E-state index in [0.29, 0.717) is 11.8 Å². The first-order valence-corrected chi connectivity index (χ1v) is 7.37. The van der Waals surface area contributed by atoms with E-state index in [1.54, 1.807) is 0 Å². The van der Waals surface area contributed by atoms with E-state index in [9.17, 15) is 0 Å². The SMILES string of the molecule is CCCNC(c1ccccc1)c1nnc(C(C)CC)o1. The number of hydrogen-bond acceptors (Lipinski definition) is 4. The molecule has 1 aromatic heterocycles. The van der Waals surface area contributed by atoms with E-state index in [2.05, 4.69) is 48.4 Å². The molecule has 20 heavy (non-hydrogen) atoms. The Balaban J connectivity index is 2.24. The van der Waals surface area contributed by atoms with E-state index in [0.717, 1.165) is 30.8 Å². The van der Waals surface area contributed by atoms with E-state index < -0.39 is 0 Å². The number of nitrogens with zero attached hydrogens (tertiary/aromatic N) is 2. The summed E-state index contributed by atoms with van der Waals surface area (Å²) < 4.78 is 5.87. The van der Waals surface area contributed by atoms with Crippen LogP contribution in [0.2, 0.25) is 0 Å². The summed E-state index contributed by atoms with van der Waals surface area (Å²) in [4.78, 5) is 0. The highest BCUT2D eigenvalue weighted by Crippen LogP contribution is 2.24. The highest BCUT2D eigenvalue weighted by atomic mass is 16.4. The highest BCUT2D eigenvalue weighted by molar-refractivity contribution is 5.23. The van der Waals surface area contributed by atoms with Crippen LogP contribution in [-0.2, 0) is 0 Å². The lowest BCUT2D eigenvalue weighted by Crippen LogP contribution is -2.23. The normalized spacial score (nSPS) is 14.2. The fourth-order valence-electron chi connectivity index (χ4n) is 2.02. The molecule has 2 rings (SSSR count).